The van der Waals surface area contributed by atoms with Gasteiger partial charge in [-0.05, 0) is 12.1 Å². The lowest BCUT2D eigenvalue weighted by Crippen LogP contribution is -2.39. The van der Waals surface area contributed by atoms with E-state index in [1.165, 1.54) is 0 Å². The Kier molecular flexibility index (Phi) is 5.17. The summed E-state index contributed by atoms with van der Waals surface area (Å²) in [5.41, 5.74) is -0.840. The summed E-state index contributed by atoms with van der Waals surface area (Å²) in [6.45, 7) is -0.542. The van der Waals surface area contributed by atoms with Crippen molar-refractivity contribution in [3.63, 3.8) is 0 Å². The van der Waals surface area contributed by atoms with Gasteiger partial charge in [-0.15, -0.1) is 0 Å². The fourth-order valence-electron chi connectivity index (χ4n) is 2.07. The molecule has 2 rings (SSSR count). The van der Waals surface area contributed by atoms with Crippen molar-refractivity contribution in [3.8, 4) is 0 Å². The third-order valence-electron chi connectivity index (χ3n) is 3.10. The van der Waals surface area contributed by atoms with E-state index in [0.29, 0.717) is 0 Å². The summed E-state index contributed by atoms with van der Waals surface area (Å²) in [7, 11) is 2.20. The molecule has 0 fully saturated rings. The van der Waals surface area contributed by atoms with E-state index in [1.807, 2.05) is 0 Å². The number of hydrogen-bond donors (Lipinski definition) is 0. The first-order valence-corrected chi connectivity index (χ1v) is 6.68. The summed E-state index contributed by atoms with van der Waals surface area (Å²) in [4.78, 5) is 24.8. The fraction of sp³-hybridized carbons (Fsp3) is 0.286. The van der Waals surface area contributed by atoms with Crippen molar-refractivity contribution in [3.05, 3.63) is 40.1 Å². The van der Waals surface area contributed by atoms with Gasteiger partial charge in [0.1, 0.15) is 12.4 Å². The Morgan fingerprint density at radius 1 is 1.22 bits per heavy atom. The first-order valence-electron chi connectivity index (χ1n) is 6.30. The number of nitrogens with zero attached hydrogens (tertiary/aromatic N) is 1. The lowest BCUT2D eigenvalue weighted by molar-refractivity contribution is -0.140. The second-order valence-corrected chi connectivity index (χ2v) is 4.87. The van der Waals surface area contributed by atoms with Crippen LogP contribution in [-0.2, 0) is 23.8 Å². The summed E-state index contributed by atoms with van der Waals surface area (Å²) < 4.78 is 42.0. The number of hydrogen-bond acceptors (Lipinski definition) is 6. The van der Waals surface area contributed by atoms with E-state index in [0.717, 1.165) is 31.3 Å². The minimum atomic E-state index is -1.24. The van der Waals surface area contributed by atoms with Crippen LogP contribution in [-0.4, -0.2) is 39.5 Å². The molecule has 0 saturated carbocycles. The highest BCUT2D eigenvalue weighted by Crippen LogP contribution is 2.32. The predicted octanol–water partition coefficient (Wildman–Crippen LogP) is 2.01. The molecule has 9 heteroatoms. The fourth-order valence-corrected chi connectivity index (χ4v) is 2.27. The van der Waals surface area contributed by atoms with Gasteiger partial charge in [0.15, 0.2) is 11.6 Å². The van der Waals surface area contributed by atoms with Gasteiger partial charge >= 0.3 is 11.9 Å². The summed E-state index contributed by atoms with van der Waals surface area (Å²) in [6.07, 6.45) is 0. The number of methoxy groups -OCH3 is 2. The zero-order valence-corrected chi connectivity index (χ0v) is 12.9. The Balaban J connectivity index is 2.65. The zero-order valence-electron chi connectivity index (χ0n) is 12.2. The van der Waals surface area contributed by atoms with Crippen molar-refractivity contribution in [1.82, 2.24) is 0 Å². The normalized spacial score (nSPS) is 14.7. The Morgan fingerprint density at radius 2 is 1.87 bits per heavy atom. The van der Waals surface area contributed by atoms with Gasteiger partial charge in [-0.25, -0.2) is 18.4 Å². The minimum Gasteiger partial charge on any atom is -0.466 e. The maximum Gasteiger partial charge on any atom is 0.355 e. The third-order valence-corrected chi connectivity index (χ3v) is 3.32. The summed E-state index contributed by atoms with van der Waals surface area (Å²) in [5.74, 6) is -4.22. The number of anilines is 1. The smallest absolute Gasteiger partial charge is 0.355 e. The molecule has 0 bridgehead atoms. The molecular weight excluding hydrogens is 336 g/mol. The monoisotopic (exact) mass is 347 g/mol. The van der Waals surface area contributed by atoms with Crippen LogP contribution in [0.1, 0.15) is 0 Å². The highest BCUT2D eigenvalue weighted by Gasteiger charge is 2.34. The maximum absolute atomic E-state index is 14.1. The molecule has 1 aliphatic rings. The number of rotatable bonds is 3. The summed E-state index contributed by atoms with van der Waals surface area (Å²) >= 11 is 5.73. The molecule has 0 saturated heterocycles. The van der Waals surface area contributed by atoms with Crippen molar-refractivity contribution in [2.75, 3.05) is 32.5 Å². The molecule has 0 radical (unpaired) electrons. The quantitative estimate of drug-likeness (QED) is 0.615. The van der Waals surface area contributed by atoms with Crippen LogP contribution in [0.5, 0.6) is 0 Å². The molecule has 23 heavy (non-hydrogen) atoms. The average Bonchev–Trinajstić information content (AvgIpc) is 2.55. The number of benzene rings is 1. The van der Waals surface area contributed by atoms with Gasteiger partial charge in [0.25, 0.3) is 0 Å². The van der Waals surface area contributed by atoms with Gasteiger partial charge in [0.2, 0.25) is 0 Å². The van der Waals surface area contributed by atoms with Crippen molar-refractivity contribution < 1.29 is 32.6 Å². The van der Waals surface area contributed by atoms with Crippen LogP contribution in [0.4, 0.5) is 14.5 Å². The Morgan fingerprint density at radius 3 is 2.48 bits per heavy atom. The molecule has 0 unspecified atom stereocenters. The van der Waals surface area contributed by atoms with E-state index >= 15 is 0 Å². The lowest BCUT2D eigenvalue weighted by Gasteiger charge is -2.31. The van der Waals surface area contributed by atoms with Gasteiger partial charge in [-0.1, -0.05) is 11.6 Å². The second kappa shape index (κ2) is 6.93. The number of carbonyl (C=O) groups excluding carboxylic acids is 2. The topological polar surface area (TPSA) is 65.1 Å². The second-order valence-electron chi connectivity index (χ2n) is 4.44. The van der Waals surface area contributed by atoms with Gasteiger partial charge in [-0.3, -0.25) is 0 Å². The molecule has 6 nitrogen and oxygen atoms in total. The Labute approximate surface area is 135 Å². The van der Waals surface area contributed by atoms with E-state index in [2.05, 4.69) is 9.47 Å². The van der Waals surface area contributed by atoms with E-state index in [9.17, 15) is 18.4 Å². The van der Waals surface area contributed by atoms with Gasteiger partial charge in [0.05, 0.1) is 32.1 Å². The standard InChI is InChI=1S/C14H12ClF2NO5/c1-21-13(19)8-5-23-6-18(12(8)14(20)22-2)10-4-7(15)3-9(16)11(10)17/h3-4H,5-6H2,1-2H3. The first-order chi connectivity index (χ1) is 10.9. The van der Waals surface area contributed by atoms with E-state index < -0.39 is 23.6 Å². The predicted molar refractivity (Wildman–Crippen MR) is 75.7 cm³/mol. The van der Waals surface area contributed by atoms with Gasteiger partial charge in [0, 0.05) is 5.02 Å². The average molecular weight is 348 g/mol. The number of esters is 2. The maximum atomic E-state index is 14.1. The summed E-state index contributed by atoms with van der Waals surface area (Å²) in [5, 5.41) is -0.0895. The number of ether oxygens (including phenoxy) is 3. The van der Waals surface area contributed by atoms with E-state index in [4.69, 9.17) is 16.3 Å². The van der Waals surface area contributed by atoms with Crippen molar-refractivity contribution >= 4 is 29.2 Å². The SMILES string of the molecule is COC(=O)C1=C(C(=O)OC)N(c2cc(Cl)cc(F)c2F)COC1. The molecule has 1 heterocycles. The van der Waals surface area contributed by atoms with Gasteiger partial charge < -0.3 is 19.1 Å². The molecule has 1 aromatic rings. The van der Waals surface area contributed by atoms with Crippen LogP contribution in [0.2, 0.25) is 5.02 Å². The van der Waals surface area contributed by atoms with E-state index in [-0.39, 0.29) is 35.3 Å². The molecular formula is C14H12ClF2NO5. The Bertz CT molecular complexity index is 692. The molecule has 1 aliphatic heterocycles. The molecule has 1 aromatic carbocycles. The van der Waals surface area contributed by atoms with Crippen molar-refractivity contribution in [2.45, 2.75) is 0 Å². The molecule has 0 atom stereocenters. The Hall–Kier alpha value is -2.19. The largest absolute Gasteiger partial charge is 0.466 e. The van der Waals surface area contributed by atoms with Crippen LogP contribution in [0.15, 0.2) is 23.4 Å². The lowest BCUT2D eigenvalue weighted by atomic mass is 10.1. The minimum absolute atomic E-state index is 0.0895. The molecule has 0 spiro atoms. The van der Waals surface area contributed by atoms with Crippen molar-refractivity contribution in [1.29, 1.82) is 0 Å². The third kappa shape index (κ3) is 3.27. The molecule has 0 N–H and O–H groups in total. The van der Waals surface area contributed by atoms with Crippen LogP contribution in [0, 0.1) is 11.6 Å². The molecule has 124 valence electrons. The van der Waals surface area contributed by atoms with Crippen molar-refractivity contribution in [2.24, 2.45) is 0 Å². The van der Waals surface area contributed by atoms with Crippen LogP contribution in [0.3, 0.4) is 0 Å². The highest BCUT2D eigenvalue weighted by molar-refractivity contribution is 6.30. The van der Waals surface area contributed by atoms with Crippen LogP contribution < -0.4 is 4.90 Å². The first kappa shape index (κ1) is 17.2. The number of carbonyl (C=O) groups is 2. The number of halogens is 3. The van der Waals surface area contributed by atoms with E-state index in [1.54, 1.807) is 0 Å². The molecule has 0 aliphatic carbocycles. The van der Waals surface area contributed by atoms with Crippen LogP contribution >= 0.6 is 11.6 Å². The van der Waals surface area contributed by atoms with Crippen LogP contribution in [0.25, 0.3) is 0 Å². The summed E-state index contributed by atoms with van der Waals surface area (Å²) in [6, 6.07) is 1.89. The zero-order chi connectivity index (χ0) is 17.1. The van der Waals surface area contributed by atoms with Gasteiger partial charge in [-0.2, -0.15) is 0 Å². The highest BCUT2D eigenvalue weighted by atomic mass is 35.5. The molecule has 0 aromatic heterocycles. The molecule has 0 amide bonds.